The second-order valence-electron chi connectivity index (χ2n) is 8.01. The van der Waals surface area contributed by atoms with Crippen LogP contribution in [0.3, 0.4) is 0 Å². The Hall–Kier alpha value is -2.88. The Kier molecular flexibility index (Phi) is 6.50. The topological polar surface area (TPSA) is 91.5 Å². The highest BCUT2D eigenvalue weighted by atomic mass is 35.5. The van der Waals surface area contributed by atoms with E-state index in [2.05, 4.69) is 27.6 Å². The monoisotopic (exact) mass is 461 g/mol. The molecular weight excluding hydrogens is 437 g/mol. The zero-order chi connectivity index (χ0) is 21.4. The lowest BCUT2D eigenvalue weighted by Gasteiger charge is -2.36. The first-order valence-electron chi connectivity index (χ1n) is 10.3. The highest BCUT2D eigenvalue weighted by molar-refractivity contribution is 5.91. The van der Waals surface area contributed by atoms with Crippen molar-refractivity contribution < 1.29 is 18.7 Å². The number of hydrogen-bond acceptors (Lipinski definition) is 5. The summed E-state index contributed by atoms with van der Waals surface area (Å²) in [6.45, 7) is 1.14. The molecule has 170 valence electrons. The van der Waals surface area contributed by atoms with Gasteiger partial charge in [-0.3, -0.25) is 4.90 Å². The van der Waals surface area contributed by atoms with Crippen molar-refractivity contribution in [2.24, 2.45) is 0 Å². The molecule has 0 bridgehead atoms. The van der Waals surface area contributed by atoms with Gasteiger partial charge in [-0.2, -0.15) is 0 Å². The number of H-pyrrole nitrogens is 1. The highest BCUT2D eigenvalue weighted by Crippen LogP contribution is 2.34. The SMILES string of the molecule is CN1CC[C@@H](NC(=O)Nc2cc(F)cc3c2OCOC3)C[C@@H]1c1nc2ccccc2[nH]1.Cl. The number of imidazole rings is 1. The third kappa shape index (κ3) is 4.50. The average molecular weight is 462 g/mol. The summed E-state index contributed by atoms with van der Waals surface area (Å²) in [4.78, 5) is 23.0. The van der Waals surface area contributed by atoms with Crippen LogP contribution in [0.1, 0.15) is 30.3 Å². The molecule has 1 fully saturated rings. The fourth-order valence-corrected chi connectivity index (χ4v) is 4.28. The number of amides is 2. The van der Waals surface area contributed by atoms with Crippen molar-refractivity contribution in [1.82, 2.24) is 20.2 Å². The zero-order valence-corrected chi connectivity index (χ0v) is 18.4. The molecule has 3 aromatic rings. The van der Waals surface area contributed by atoms with Crippen LogP contribution in [-0.2, 0) is 11.3 Å². The van der Waals surface area contributed by atoms with Gasteiger partial charge >= 0.3 is 6.03 Å². The average Bonchev–Trinajstić information content (AvgIpc) is 3.19. The van der Waals surface area contributed by atoms with Crippen LogP contribution in [0.2, 0.25) is 0 Å². The molecule has 2 atom stereocenters. The number of aromatic nitrogens is 2. The van der Waals surface area contributed by atoms with Gasteiger partial charge in [-0.1, -0.05) is 12.1 Å². The quantitative estimate of drug-likeness (QED) is 0.549. The maximum Gasteiger partial charge on any atom is 0.319 e. The van der Waals surface area contributed by atoms with E-state index in [1.165, 1.54) is 12.1 Å². The maximum absolute atomic E-state index is 13.9. The number of rotatable bonds is 3. The molecule has 10 heteroatoms. The van der Waals surface area contributed by atoms with Gasteiger partial charge in [0.25, 0.3) is 0 Å². The third-order valence-corrected chi connectivity index (χ3v) is 5.85. The second-order valence-corrected chi connectivity index (χ2v) is 8.01. The summed E-state index contributed by atoms with van der Waals surface area (Å²) in [5, 5.41) is 5.76. The summed E-state index contributed by atoms with van der Waals surface area (Å²) in [6, 6.07) is 10.2. The lowest BCUT2D eigenvalue weighted by Crippen LogP contribution is -2.46. The molecular formula is C22H25ClFN5O3. The van der Waals surface area contributed by atoms with Crippen LogP contribution in [0.15, 0.2) is 36.4 Å². The molecule has 3 N–H and O–H groups in total. The number of hydrogen-bond donors (Lipinski definition) is 3. The van der Waals surface area contributed by atoms with Crippen LogP contribution in [-0.4, -0.2) is 47.3 Å². The summed E-state index contributed by atoms with van der Waals surface area (Å²) in [5.74, 6) is 0.891. The van der Waals surface area contributed by atoms with Gasteiger partial charge in [-0.25, -0.2) is 14.2 Å². The van der Waals surface area contributed by atoms with Gasteiger partial charge < -0.3 is 25.1 Å². The molecule has 1 aromatic heterocycles. The van der Waals surface area contributed by atoms with Crippen molar-refractivity contribution in [3.8, 4) is 5.75 Å². The number of carbonyl (C=O) groups is 1. The number of fused-ring (bicyclic) bond motifs is 2. The van der Waals surface area contributed by atoms with E-state index >= 15 is 0 Å². The van der Waals surface area contributed by atoms with Crippen molar-refractivity contribution in [2.45, 2.75) is 31.5 Å². The molecule has 2 aromatic carbocycles. The minimum Gasteiger partial charge on any atom is -0.465 e. The number of aromatic amines is 1. The van der Waals surface area contributed by atoms with E-state index < -0.39 is 5.82 Å². The van der Waals surface area contributed by atoms with Gasteiger partial charge in [0.2, 0.25) is 0 Å². The van der Waals surface area contributed by atoms with Crippen molar-refractivity contribution in [3.05, 3.63) is 53.6 Å². The predicted molar refractivity (Wildman–Crippen MR) is 121 cm³/mol. The lowest BCUT2D eigenvalue weighted by molar-refractivity contribution is -0.0160. The fourth-order valence-electron chi connectivity index (χ4n) is 4.28. The Morgan fingerprint density at radius 2 is 2.16 bits per heavy atom. The number of para-hydroxylation sites is 2. The first kappa shape index (κ1) is 22.3. The molecule has 2 aliphatic rings. The normalized spacial score (nSPS) is 20.7. The van der Waals surface area contributed by atoms with Gasteiger partial charge in [0.05, 0.1) is 29.4 Å². The van der Waals surface area contributed by atoms with E-state index in [-0.39, 0.29) is 43.9 Å². The molecule has 32 heavy (non-hydrogen) atoms. The molecule has 2 aliphatic heterocycles. The first-order valence-corrected chi connectivity index (χ1v) is 10.3. The highest BCUT2D eigenvalue weighted by Gasteiger charge is 2.30. The van der Waals surface area contributed by atoms with E-state index in [4.69, 9.17) is 14.5 Å². The Morgan fingerprint density at radius 3 is 3.00 bits per heavy atom. The summed E-state index contributed by atoms with van der Waals surface area (Å²) in [7, 11) is 2.06. The van der Waals surface area contributed by atoms with Crippen molar-refractivity contribution >= 4 is 35.2 Å². The zero-order valence-electron chi connectivity index (χ0n) is 17.6. The van der Waals surface area contributed by atoms with E-state index in [0.29, 0.717) is 17.0 Å². The minimum atomic E-state index is -0.451. The van der Waals surface area contributed by atoms with Crippen molar-refractivity contribution in [2.75, 3.05) is 25.7 Å². The number of ether oxygens (including phenoxy) is 2. The Labute approximate surface area is 190 Å². The van der Waals surface area contributed by atoms with Crippen LogP contribution in [0.4, 0.5) is 14.9 Å². The molecule has 2 amide bonds. The number of benzene rings is 2. The van der Waals surface area contributed by atoms with E-state index in [0.717, 1.165) is 36.2 Å². The van der Waals surface area contributed by atoms with Crippen LogP contribution >= 0.6 is 12.4 Å². The molecule has 5 rings (SSSR count). The number of piperidine rings is 1. The predicted octanol–water partition coefficient (Wildman–Crippen LogP) is 3.95. The lowest BCUT2D eigenvalue weighted by atomic mass is 9.97. The maximum atomic E-state index is 13.9. The van der Waals surface area contributed by atoms with Gasteiger partial charge in [0.15, 0.2) is 12.5 Å². The molecule has 0 unspecified atom stereocenters. The van der Waals surface area contributed by atoms with Crippen molar-refractivity contribution in [1.29, 1.82) is 0 Å². The fraction of sp³-hybridized carbons (Fsp3) is 0.364. The van der Waals surface area contributed by atoms with Crippen molar-refractivity contribution in [3.63, 3.8) is 0 Å². The molecule has 0 saturated carbocycles. The van der Waals surface area contributed by atoms with Crippen LogP contribution in [0.5, 0.6) is 5.75 Å². The van der Waals surface area contributed by atoms with Gasteiger partial charge in [0.1, 0.15) is 11.6 Å². The van der Waals surface area contributed by atoms with Gasteiger partial charge in [0, 0.05) is 24.2 Å². The number of carbonyl (C=O) groups excluding carboxylic acids is 1. The summed E-state index contributed by atoms with van der Waals surface area (Å²) in [5.41, 5.74) is 2.81. The molecule has 1 saturated heterocycles. The summed E-state index contributed by atoms with van der Waals surface area (Å²) in [6.07, 6.45) is 1.53. The van der Waals surface area contributed by atoms with E-state index in [1.807, 2.05) is 24.3 Å². The molecule has 0 radical (unpaired) electrons. The standard InChI is InChI=1S/C22H24FN5O3.ClH/c1-28-7-6-15(10-19(28)21-25-16-4-2-3-5-17(16)26-21)24-22(29)27-18-9-14(23)8-13-11-30-12-31-20(13)18;/h2-5,8-9,15,19H,6-7,10-12H2,1H3,(H,25,26)(H2,24,27,29);1H/t15-,19-;/m1./s1. The summed E-state index contributed by atoms with van der Waals surface area (Å²) >= 11 is 0. The molecule has 0 aliphatic carbocycles. The first-order chi connectivity index (χ1) is 15.1. The van der Waals surface area contributed by atoms with Crippen LogP contribution in [0, 0.1) is 5.82 Å². The summed E-state index contributed by atoms with van der Waals surface area (Å²) < 4.78 is 24.6. The minimum absolute atomic E-state index is 0. The number of halogens is 2. The van der Waals surface area contributed by atoms with Gasteiger partial charge in [-0.15, -0.1) is 12.4 Å². The Bertz CT molecular complexity index is 1090. The number of likely N-dealkylation sites (tertiary alicyclic amines) is 1. The molecule has 8 nitrogen and oxygen atoms in total. The Balaban J connectivity index is 0.00000245. The third-order valence-electron chi connectivity index (χ3n) is 5.85. The van der Waals surface area contributed by atoms with Crippen LogP contribution < -0.4 is 15.4 Å². The van der Waals surface area contributed by atoms with E-state index in [9.17, 15) is 9.18 Å². The number of urea groups is 1. The number of nitrogens with one attached hydrogen (secondary N) is 3. The second kappa shape index (κ2) is 9.32. The van der Waals surface area contributed by atoms with E-state index in [1.54, 1.807) is 0 Å². The molecule has 3 heterocycles. The van der Waals surface area contributed by atoms with Crippen LogP contribution in [0.25, 0.3) is 11.0 Å². The number of nitrogens with zero attached hydrogens (tertiary/aromatic N) is 2. The Morgan fingerprint density at radius 1 is 1.31 bits per heavy atom. The van der Waals surface area contributed by atoms with Gasteiger partial charge in [-0.05, 0) is 38.1 Å². The molecule has 0 spiro atoms. The largest absolute Gasteiger partial charge is 0.465 e. The smallest absolute Gasteiger partial charge is 0.319 e. The number of anilines is 1.